The third-order valence-corrected chi connectivity index (χ3v) is 5.31. The summed E-state index contributed by atoms with van der Waals surface area (Å²) in [7, 11) is 0. The highest BCUT2D eigenvalue weighted by molar-refractivity contribution is 9.11. The molecule has 0 radical (unpaired) electrons. The predicted octanol–water partition coefficient (Wildman–Crippen LogP) is 7.20. The van der Waals surface area contributed by atoms with Crippen LogP contribution in [0.1, 0.15) is 67.3 Å². The van der Waals surface area contributed by atoms with Crippen molar-refractivity contribution < 1.29 is 0 Å². The molecule has 1 heteroatoms. The Hall–Kier alpha value is -1.34. The van der Waals surface area contributed by atoms with Crippen LogP contribution in [0.2, 0.25) is 0 Å². The minimum absolute atomic E-state index is 0.548. The van der Waals surface area contributed by atoms with Gasteiger partial charge in [0.1, 0.15) is 0 Å². The lowest BCUT2D eigenvalue weighted by Gasteiger charge is -2.18. The molecule has 2 aromatic carbocycles. The second-order valence-electron chi connectivity index (χ2n) is 7.30. The largest absolute Gasteiger partial charge is 0.0587 e. The Labute approximate surface area is 148 Å². The summed E-state index contributed by atoms with van der Waals surface area (Å²) >= 11 is 3.69. The molecule has 3 rings (SSSR count). The first-order chi connectivity index (χ1) is 10.9. The van der Waals surface area contributed by atoms with Crippen molar-refractivity contribution >= 4 is 22.0 Å². The van der Waals surface area contributed by atoms with Gasteiger partial charge in [0.15, 0.2) is 0 Å². The Morgan fingerprint density at radius 1 is 0.913 bits per heavy atom. The van der Waals surface area contributed by atoms with Crippen molar-refractivity contribution in [3.8, 4) is 11.1 Å². The monoisotopic (exact) mass is 368 g/mol. The maximum atomic E-state index is 3.69. The topological polar surface area (TPSA) is 0 Å². The number of fused-ring (bicyclic) bond motifs is 1. The second kappa shape index (κ2) is 6.28. The third-order valence-electron chi connectivity index (χ3n) is 4.80. The zero-order valence-corrected chi connectivity index (χ0v) is 16.3. The van der Waals surface area contributed by atoms with E-state index in [-0.39, 0.29) is 0 Å². The summed E-state index contributed by atoms with van der Waals surface area (Å²) in [5.74, 6) is 1.10. The minimum atomic E-state index is 0.548. The summed E-state index contributed by atoms with van der Waals surface area (Å²) in [6.45, 7) is 11.3. The van der Waals surface area contributed by atoms with Gasteiger partial charge in [0, 0.05) is 10.9 Å². The number of allylic oxidation sites excluding steroid dienone is 1. The highest BCUT2D eigenvalue weighted by Crippen LogP contribution is 2.39. The molecule has 0 spiro atoms. The molecule has 0 bridgehead atoms. The van der Waals surface area contributed by atoms with Crippen LogP contribution in [0.25, 0.3) is 17.2 Å². The number of hydrogen-bond donors (Lipinski definition) is 0. The van der Waals surface area contributed by atoms with E-state index >= 15 is 0 Å². The first kappa shape index (κ1) is 16.5. The molecular formula is C22H25Br. The van der Waals surface area contributed by atoms with E-state index in [0.717, 1.165) is 6.42 Å². The van der Waals surface area contributed by atoms with E-state index < -0.39 is 0 Å². The Bertz CT molecular complexity index is 753. The molecule has 0 amide bonds. The molecule has 0 unspecified atom stereocenters. The molecule has 1 aliphatic carbocycles. The standard InChI is InChI=1S/C22H25Br/c1-13(2)17-8-18(14(3)4)10-19(9-17)22-15(5)6-7-16-11-20(23)12-21(16)22/h6-10,12-14H,11H2,1-5H3. The fourth-order valence-corrected chi connectivity index (χ4v) is 3.88. The maximum Gasteiger partial charge on any atom is 0.00470 e. The lowest BCUT2D eigenvalue weighted by molar-refractivity contribution is 0.834. The van der Waals surface area contributed by atoms with Gasteiger partial charge in [-0.25, -0.2) is 0 Å². The fraction of sp³-hybridized carbons (Fsp3) is 0.364. The lowest BCUT2D eigenvalue weighted by Crippen LogP contribution is -1.97. The average Bonchev–Trinajstić information content (AvgIpc) is 2.86. The summed E-state index contributed by atoms with van der Waals surface area (Å²) in [4.78, 5) is 0. The summed E-state index contributed by atoms with van der Waals surface area (Å²) in [6, 6.07) is 11.7. The Kier molecular flexibility index (Phi) is 4.51. The zero-order valence-electron chi connectivity index (χ0n) is 14.7. The molecule has 0 N–H and O–H groups in total. The average molecular weight is 369 g/mol. The predicted molar refractivity (Wildman–Crippen MR) is 105 cm³/mol. The highest BCUT2D eigenvalue weighted by atomic mass is 79.9. The van der Waals surface area contributed by atoms with Gasteiger partial charge in [-0.15, -0.1) is 0 Å². The quantitative estimate of drug-likeness (QED) is 0.537. The number of benzene rings is 2. The number of rotatable bonds is 3. The van der Waals surface area contributed by atoms with Gasteiger partial charge in [-0.2, -0.15) is 0 Å². The maximum absolute atomic E-state index is 3.69. The normalized spacial score (nSPS) is 13.7. The van der Waals surface area contributed by atoms with Crippen molar-refractivity contribution in [1.82, 2.24) is 0 Å². The molecule has 120 valence electrons. The van der Waals surface area contributed by atoms with Crippen molar-refractivity contribution in [3.05, 3.63) is 62.6 Å². The molecule has 0 heterocycles. The van der Waals surface area contributed by atoms with Crippen LogP contribution in [0, 0.1) is 6.92 Å². The van der Waals surface area contributed by atoms with Crippen LogP contribution in [-0.2, 0) is 6.42 Å². The third kappa shape index (κ3) is 3.17. The van der Waals surface area contributed by atoms with E-state index in [1.165, 1.54) is 43.4 Å². The van der Waals surface area contributed by atoms with E-state index in [1.54, 1.807) is 0 Å². The number of halogens is 1. The SMILES string of the molecule is Cc1ccc2c(c1-c1cc(C(C)C)cc(C(C)C)c1)C=C(Br)C2. The molecule has 23 heavy (non-hydrogen) atoms. The van der Waals surface area contributed by atoms with Gasteiger partial charge < -0.3 is 0 Å². The summed E-state index contributed by atoms with van der Waals surface area (Å²) in [6.07, 6.45) is 3.32. The molecule has 0 fully saturated rings. The molecule has 0 aliphatic heterocycles. The van der Waals surface area contributed by atoms with Gasteiger partial charge in [0.05, 0.1) is 0 Å². The van der Waals surface area contributed by atoms with E-state index in [9.17, 15) is 0 Å². The molecule has 0 saturated heterocycles. The summed E-state index contributed by atoms with van der Waals surface area (Å²) in [5.41, 5.74) is 9.83. The minimum Gasteiger partial charge on any atom is -0.0587 e. The molecule has 2 aromatic rings. The Morgan fingerprint density at radius 3 is 2.09 bits per heavy atom. The van der Waals surface area contributed by atoms with Crippen LogP contribution < -0.4 is 0 Å². The van der Waals surface area contributed by atoms with Crippen LogP contribution in [0.3, 0.4) is 0 Å². The number of hydrogen-bond acceptors (Lipinski definition) is 0. The van der Waals surface area contributed by atoms with Gasteiger partial charge in [-0.05, 0) is 63.8 Å². The van der Waals surface area contributed by atoms with Crippen LogP contribution in [0.5, 0.6) is 0 Å². The van der Waals surface area contributed by atoms with E-state index in [4.69, 9.17) is 0 Å². The van der Waals surface area contributed by atoms with Crippen LogP contribution in [0.4, 0.5) is 0 Å². The lowest BCUT2D eigenvalue weighted by atomic mass is 9.87. The van der Waals surface area contributed by atoms with Crippen LogP contribution >= 0.6 is 15.9 Å². The van der Waals surface area contributed by atoms with Gasteiger partial charge in [0.25, 0.3) is 0 Å². The zero-order chi connectivity index (χ0) is 16.7. The van der Waals surface area contributed by atoms with Gasteiger partial charge in [-0.1, -0.05) is 74.0 Å². The number of aryl methyl sites for hydroxylation is 1. The molecular weight excluding hydrogens is 344 g/mol. The summed E-state index contributed by atoms with van der Waals surface area (Å²) in [5, 5.41) is 0. The molecule has 0 aromatic heterocycles. The molecule has 0 atom stereocenters. The van der Waals surface area contributed by atoms with Gasteiger partial charge >= 0.3 is 0 Å². The van der Waals surface area contributed by atoms with Gasteiger partial charge in [0.2, 0.25) is 0 Å². The van der Waals surface area contributed by atoms with Crippen molar-refractivity contribution in [2.24, 2.45) is 0 Å². The van der Waals surface area contributed by atoms with Gasteiger partial charge in [-0.3, -0.25) is 0 Å². The summed E-state index contributed by atoms with van der Waals surface area (Å²) < 4.78 is 1.28. The van der Waals surface area contributed by atoms with Crippen molar-refractivity contribution in [2.75, 3.05) is 0 Å². The first-order valence-corrected chi connectivity index (χ1v) is 9.30. The van der Waals surface area contributed by atoms with E-state index in [0.29, 0.717) is 11.8 Å². The van der Waals surface area contributed by atoms with Crippen LogP contribution in [-0.4, -0.2) is 0 Å². The highest BCUT2D eigenvalue weighted by Gasteiger charge is 2.18. The molecule has 0 saturated carbocycles. The van der Waals surface area contributed by atoms with Crippen molar-refractivity contribution in [3.63, 3.8) is 0 Å². The van der Waals surface area contributed by atoms with Crippen molar-refractivity contribution in [1.29, 1.82) is 0 Å². The van der Waals surface area contributed by atoms with Crippen LogP contribution in [0.15, 0.2) is 34.8 Å². The molecule has 0 nitrogen and oxygen atoms in total. The van der Waals surface area contributed by atoms with Crippen molar-refractivity contribution in [2.45, 2.75) is 52.9 Å². The first-order valence-electron chi connectivity index (χ1n) is 8.50. The second-order valence-corrected chi connectivity index (χ2v) is 8.31. The smallest absolute Gasteiger partial charge is 0.00470 e. The fourth-order valence-electron chi connectivity index (χ4n) is 3.35. The Balaban J connectivity index is 2.26. The van der Waals surface area contributed by atoms with E-state index in [2.05, 4.69) is 87.0 Å². The van der Waals surface area contributed by atoms with E-state index in [1.807, 2.05) is 0 Å². The Morgan fingerprint density at radius 2 is 1.52 bits per heavy atom. The molecule has 1 aliphatic rings.